The van der Waals surface area contributed by atoms with Gasteiger partial charge in [0.05, 0.1) is 6.54 Å². The molecule has 1 aromatic rings. The van der Waals surface area contributed by atoms with Gasteiger partial charge in [0.15, 0.2) is 0 Å². The van der Waals surface area contributed by atoms with Crippen LogP contribution >= 0.6 is 0 Å². The lowest BCUT2D eigenvalue weighted by Gasteiger charge is -2.22. The summed E-state index contributed by atoms with van der Waals surface area (Å²) in [5.41, 5.74) is -1.20. The summed E-state index contributed by atoms with van der Waals surface area (Å²) in [5.74, 6) is -2.06. The topological polar surface area (TPSA) is 49.4 Å². The van der Waals surface area contributed by atoms with Gasteiger partial charge in [-0.2, -0.15) is 0 Å². The predicted molar refractivity (Wildman–Crippen MR) is 68.8 cm³/mol. The lowest BCUT2D eigenvalue weighted by molar-refractivity contribution is -0.130. The number of amides is 3. The summed E-state index contributed by atoms with van der Waals surface area (Å²) in [6, 6.07) is 2.15. The second-order valence-electron chi connectivity index (χ2n) is 5.03. The fourth-order valence-electron chi connectivity index (χ4n) is 2.17. The van der Waals surface area contributed by atoms with Crippen molar-refractivity contribution in [3.8, 4) is 0 Å². The van der Waals surface area contributed by atoms with Gasteiger partial charge in [-0.05, 0) is 32.0 Å². The first-order valence-corrected chi connectivity index (χ1v) is 5.99. The van der Waals surface area contributed by atoms with Crippen molar-refractivity contribution in [2.24, 2.45) is 0 Å². The lowest BCUT2D eigenvalue weighted by atomic mass is 9.91. The Labute approximate surface area is 115 Å². The number of rotatable bonds is 3. The number of benzene rings is 1. The van der Waals surface area contributed by atoms with Gasteiger partial charge in [-0.3, -0.25) is 9.69 Å². The molecule has 2 rings (SSSR count). The van der Waals surface area contributed by atoms with Gasteiger partial charge in [-0.25, -0.2) is 13.6 Å². The van der Waals surface area contributed by atoms with Crippen molar-refractivity contribution in [1.82, 2.24) is 10.2 Å². The summed E-state index contributed by atoms with van der Waals surface area (Å²) >= 11 is 0. The Balaban J connectivity index is 2.46. The third-order valence-electron chi connectivity index (χ3n) is 3.17. The van der Waals surface area contributed by atoms with E-state index < -0.39 is 29.1 Å². The fraction of sp³-hybridized carbons (Fsp3) is 0.286. The van der Waals surface area contributed by atoms with E-state index in [9.17, 15) is 18.4 Å². The molecule has 1 heterocycles. The van der Waals surface area contributed by atoms with E-state index in [2.05, 4.69) is 11.9 Å². The third-order valence-corrected chi connectivity index (χ3v) is 3.17. The van der Waals surface area contributed by atoms with Crippen molar-refractivity contribution >= 4 is 11.9 Å². The molecule has 0 aliphatic carbocycles. The maximum absolute atomic E-state index is 13.9. The van der Waals surface area contributed by atoms with Crippen LogP contribution in [0.15, 0.2) is 30.4 Å². The highest BCUT2D eigenvalue weighted by molar-refractivity contribution is 6.07. The molecule has 0 bridgehead atoms. The van der Waals surface area contributed by atoms with Crippen molar-refractivity contribution in [2.45, 2.75) is 19.4 Å². The zero-order chi connectivity index (χ0) is 15.1. The van der Waals surface area contributed by atoms with Crippen molar-refractivity contribution in [2.75, 3.05) is 6.54 Å². The Hall–Kier alpha value is -2.24. The number of nitrogens with zero attached hydrogens (tertiary/aromatic N) is 1. The van der Waals surface area contributed by atoms with E-state index in [4.69, 9.17) is 0 Å². The van der Waals surface area contributed by atoms with Gasteiger partial charge in [0, 0.05) is 5.56 Å². The van der Waals surface area contributed by atoms with E-state index in [1.54, 1.807) is 6.92 Å². The molecular weight excluding hydrogens is 266 g/mol. The molecule has 0 saturated carbocycles. The van der Waals surface area contributed by atoms with Crippen LogP contribution in [0.1, 0.15) is 19.4 Å². The minimum Gasteiger partial charge on any atom is -0.319 e. The van der Waals surface area contributed by atoms with E-state index in [1.807, 2.05) is 0 Å². The van der Waals surface area contributed by atoms with Crippen LogP contribution in [0.5, 0.6) is 0 Å². The standard InChI is InChI=1S/C14H14F2N2O2/c1-8(2)7-18-12(19)14(3,17-13(18)20)10-6-9(15)4-5-11(10)16/h4-6H,1,7H2,2-3H3,(H,17,20)/t14-/m1/s1. The maximum atomic E-state index is 13.9. The van der Waals surface area contributed by atoms with Crippen LogP contribution in [0.4, 0.5) is 13.6 Å². The number of carbonyl (C=O) groups is 2. The lowest BCUT2D eigenvalue weighted by Crippen LogP contribution is -2.42. The van der Waals surface area contributed by atoms with Crippen molar-refractivity contribution in [3.63, 3.8) is 0 Å². The first-order valence-electron chi connectivity index (χ1n) is 5.99. The van der Waals surface area contributed by atoms with Crippen molar-refractivity contribution in [3.05, 3.63) is 47.5 Å². The second kappa shape index (κ2) is 4.70. The van der Waals surface area contributed by atoms with E-state index >= 15 is 0 Å². The van der Waals surface area contributed by atoms with Crippen LogP contribution in [0.25, 0.3) is 0 Å². The fourth-order valence-corrected chi connectivity index (χ4v) is 2.17. The molecule has 1 aromatic carbocycles. The molecule has 1 saturated heterocycles. The Bertz CT molecular complexity index is 615. The molecule has 0 spiro atoms. The molecule has 106 valence electrons. The minimum atomic E-state index is -1.61. The van der Waals surface area contributed by atoms with Crippen molar-refractivity contribution < 1.29 is 18.4 Å². The van der Waals surface area contributed by atoms with Crippen molar-refractivity contribution in [1.29, 1.82) is 0 Å². The molecule has 1 aliphatic rings. The predicted octanol–water partition coefficient (Wildman–Crippen LogP) is 2.31. The Morgan fingerprint density at radius 3 is 2.65 bits per heavy atom. The monoisotopic (exact) mass is 280 g/mol. The number of hydrogen-bond donors (Lipinski definition) is 1. The largest absolute Gasteiger partial charge is 0.325 e. The molecule has 0 unspecified atom stereocenters. The van der Waals surface area contributed by atoms with Gasteiger partial charge in [-0.1, -0.05) is 12.2 Å². The van der Waals surface area contributed by atoms with E-state index in [0.717, 1.165) is 23.1 Å². The first kappa shape index (κ1) is 14.2. The van der Waals surface area contributed by atoms with Crippen LogP contribution in [0.3, 0.4) is 0 Å². The minimum absolute atomic E-state index is 0.0389. The van der Waals surface area contributed by atoms with Crippen LogP contribution in [-0.4, -0.2) is 23.4 Å². The van der Waals surface area contributed by atoms with Gasteiger partial charge >= 0.3 is 6.03 Å². The molecule has 4 nitrogen and oxygen atoms in total. The molecule has 1 aliphatic heterocycles. The number of hydrogen-bond acceptors (Lipinski definition) is 2. The summed E-state index contributed by atoms with van der Waals surface area (Å²) in [6.45, 7) is 6.69. The maximum Gasteiger partial charge on any atom is 0.325 e. The highest BCUT2D eigenvalue weighted by Gasteiger charge is 2.50. The highest BCUT2D eigenvalue weighted by atomic mass is 19.1. The average molecular weight is 280 g/mol. The van der Waals surface area contributed by atoms with E-state index in [-0.39, 0.29) is 12.1 Å². The Morgan fingerprint density at radius 1 is 1.40 bits per heavy atom. The summed E-state index contributed by atoms with van der Waals surface area (Å²) in [4.78, 5) is 25.1. The summed E-state index contributed by atoms with van der Waals surface area (Å²) in [5, 5.41) is 2.41. The number of imide groups is 1. The Kier molecular flexibility index (Phi) is 3.33. The number of carbonyl (C=O) groups excluding carboxylic acids is 2. The molecule has 20 heavy (non-hydrogen) atoms. The van der Waals surface area contributed by atoms with Crippen LogP contribution in [0.2, 0.25) is 0 Å². The number of nitrogens with one attached hydrogen (secondary N) is 1. The average Bonchev–Trinajstić information content (AvgIpc) is 2.56. The van der Waals surface area contributed by atoms with Crippen LogP contribution in [-0.2, 0) is 10.3 Å². The van der Waals surface area contributed by atoms with Gasteiger partial charge in [0.1, 0.15) is 17.2 Å². The molecule has 3 amide bonds. The SMILES string of the molecule is C=C(C)CN1C(=O)N[C@](C)(c2cc(F)ccc2F)C1=O. The summed E-state index contributed by atoms with van der Waals surface area (Å²) < 4.78 is 27.1. The summed E-state index contributed by atoms with van der Waals surface area (Å²) in [6.07, 6.45) is 0. The van der Waals surface area contributed by atoms with Crippen LogP contribution in [0, 0.1) is 11.6 Å². The van der Waals surface area contributed by atoms with Crippen LogP contribution < -0.4 is 5.32 Å². The van der Waals surface area contributed by atoms with Gasteiger partial charge < -0.3 is 5.32 Å². The molecule has 0 aromatic heterocycles. The zero-order valence-electron chi connectivity index (χ0n) is 11.2. The number of halogens is 2. The molecule has 6 heteroatoms. The first-order chi connectivity index (χ1) is 9.25. The highest BCUT2D eigenvalue weighted by Crippen LogP contribution is 2.31. The van der Waals surface area contributed by atoms with Gasteiger partial charge in [-0.15, -0.1) is 0 Å². The molecule has 1 N–H and O–H groups in total. The van der Waals surface area contributed by atoms with E-state index in [0.29, 0.717) is 5.57 Å². The normalized spacial score (nSPS) is 22.1. The third kappa shape index (κ3) is 2.17. The molecule has 1 atom stereocenters. The van der Waals surface area contributed by atoms with E-state index in [1.165, 1.54) is 6.92 Å². The zero-order valence-corrected chi connectivity index (χ0v) is 11.2. The second-order valence-corrected chi connectivity index (χ2v) is 5.03. The van der Waals surface area contributed by atoms with Gasteiger partial charge in [0.25, 0.3) is 5.91 Å². The van der Waals surface area contributed by atoms with Gasteiger partial charge in [0.2, 0.25) is 0 Å². The molecule has 0 radical (unpaired) electrons. The quantitative estimate of drug-likeness (QED) is 0.682. The smallest absolute Gasteiger partial charge is 0.319 e. The molecule has 1 fully saturated rings. The Morgan fingerprint density at radius 2 is 2.05 bits per heavy atom. The molecular formula is C14H14F2N2O2. The number of urea groups is 1. The summed E-state index contributed by atoms with van der Waals surface area (Å²) in [7, 11) is 0.